The molecule has 3 rings (SSSR count). The molecule has 21 heavy (non-hydrogen) atoms. The maximum Gasteiger partial charge on any atom is 0.251 e. The van der Waals surface area contributed by atoms with Crippen LogP contribution in [0.4, 0.5) is 0 Å². The minimum atomic E-state index is -0.226. The van der Waals surface area contributed by atoms with Crippen LogP contribution in [0.5, 0.6) is 0 Å². The van der Waals surface area contributed by atoms with Gasteiger partial charge in [0.15, 0.2) is 0 Å². The minimum absolute atomic E-state index is 0.0153. The molecule has 5 heteroatoms. The molecule has 4 nitrogen and oxygen atoms in total. The Morgan fingerprint density at radius 3 is 2.67 bits per heavy atom. The van der Waals surface area contributed by atoms with Crippen LogP contribution >= 0.6 is 11.3 Å². The van der Waals surface area contributed by atoms with Gasteiger partial charge < -0.3 is 10.6 Å². The van der Waals surface area contributed by atoms with Crippen molar-refractivity contribution in [3.8, 4) is 0 Å². The largest absolute Gasteiger partial charge is 0.351 e. The molecule has 1 saturated carbocycles. The molecule has 1 heterocycles. The monoisotopic (exact) mass is 300 g/mol. The molecule has 2 amide bonds. The van der Waals surface area contributed by atoms with Crippen molar-refractivity contribution in [3.05, 3.63) is 58.3 Å². The SMILES string of the molecule is O=C(CNC(=O)c1ccccc1)NC1CC1c1cccs1. The number of thiophene rings is 1. The van der Waals surface area contributed by atoms with Crippen molar-refractivity contribution < 1.29 is 9.59 Å². The smallest absolute Gasteiger partial charge is 0.251 e. The molecule has 1 aromatic carbocycles. The molecule has 1 aromatic heterocycles. The molecule has 0 saturated heterocycles. The minimum Gasteiger partial charge on any atom is -0.351 e. The molecule has 0 aliphatic heterocycles. The Morgan fingerprint density at radius 1 is 1.14 bits per heavy atom. The van der Waals surface area contributed by atoms with Gasteiger partial charge in [-0.15, -0.1) is 11.3 Å². The van der Waals surface area contributed by atoms with Crippen LogP contribution in [0, 0.1) is 0 Å². The normalized spacial score (nSPS) is 19.8. The van der Waals surface area contributed by atoms with Crippen LogP contribution in [0.15, 0.2) is 47.8 Å². The molecule has 2 N–H and O–H groups in total. The Hall–Kier alpha value is -2.14. The highest BCUT2D eigenvalue weighted by molar-refractivity contribution is 7.10. The molecule has 0 bridgehead atoms. The third-order valence-electron chi connectivity index (χ3n) is 3.49. The Kier molecular flexibility index (Phi) is 4.01. The predicted molar refractivity (Wildman–Crippen MR) is 82.4 cm³/mol. The average Bonchev–Trinajstić information content (AvgIpc) is 3.05. The predicted octanol–water partition coefficient (Wildman–Crippen LogP) is 2.15. The van der Waals surface area contributed by atoms with Crippen molar-refractivity contribution >= 4 is 23.2 Å². The highest BCUT2D eigenvalue weighted by Gasteiger charge is 2.40. The van der Waals surface area contributed by atoms with E-state index in [0.29, 0.717) is 11.5 Å². The van der Waals surface area contributed by atoms with Crippen LogP contribution in [0.1, 0.15) is 27.6 Å². The summed E-state index contributed by atoms with van der Waals surface area (Å²) in [6.07, 6.45) is 0.985. The molecular formula is C16H16N2O2S. The highest BCUT2D eigenvalue weighted by atomic mass is 32.1. The second kappa shape index (κ2) is 6.10. The zero-order valence-corrected chi connectivity index (χ0v) is 12.2. The van der Waals surface area contributed by atoms with Gasteiger partial charge in [0.25, 0.3) is 5.91 Å². The van der Waals surface area contributed by atoms with E-state index < -0.39 is 0 Å². The first-order valence-electron chi connectivity index (χ1n) is 6.90. The lowest BCUT2D eigenvalue weighted by atomic mass is 10.2. The van der Waals surface area contributed by atoms with Crippen LogP contribution in [-0.2, 0) is 4.79 Å². The summed E-state index contributed by atoms with van der Waals surface area (Å²) >= 11 is 1.72. The zero-order chi connectivity index (χ0) is 14.7. The summed E-state index contributed by atoms with van der Waals surface area (Å²) in [7, 11) is 0. The van der Waals surface area contributed by atoms with Gasteiger partial charge in [-0.05, 0) is 30.0 Å². The van der Waals surface area contributed by atoms with Crippen LogP contribution in [-0.4, -0.2) is 24.4 Å². The number of amides is 2. The Balaban J connectivity index is 1.43. The van der Waals surface area contributed by atoms with E-state index in [4.69, 9.17) is 0 Å². The molecular weight excluding hydrogens is 284 g/mol. The van der Waals surface area contributed by atoms with Gasteiger partial charge in [0, 0.05) is 22.4 Å². The van der Waals surface area contributed by atoms with Crippen molar-refractivity contribution in [1.82, 2.24) is 10.6 Å². The zero-order valence-electron chi connectivity index (χ0n) is 11.4. The second-order valence-corrected chi connectivity index (χ2v) is 6.06. The molecule has 2 unspecified atom stereocenters. The van der Waals surface area contributed by atoms with Crippen molar-refractivity contribution in [2.75, 3.05) is 6.54 Å². The van der Waals surface area contributed by atoms with Crippen LogP contribution in [0.25, 0.3) is 0 Å². The fraction of sp³-hybridized carbons (Fsp3) is 0.250. The summed E-state index contributed by atoms with van der Waals surface area (Å²) < 4.78 is 0. The second-order valence-electron chi connectivity index (χ2n) is 5.08. The molecule has 0 radical (unpaired) electrons. The molecule has 1 aliphatic carbocycles. The van der Waals surface area contributed by atoms with Crippen molar-refractivity contribution in [2.24, 2.45) is 0 Å². The van der Waals surface area contributed by atoms with E-state index >= 15 is 0 Å². The molecule has 1 aliphatic rings. The van der Waals surface area contributed by atoms with Crippen LogP contribution in [0.3, 0.4) is 0 Å². The molecule has 1 fully saturated rings. The van der Waals surface area contributed by atoms with E-state index in [-0.39, 0.29) is 24.4 Å². The first-order chi connectivity index (χ1) is 10.2. The van der Waals surface area contributed by atoms with Gasteiger partial charge in [0.1, 0.15) is 0 Å². The van der Waals surface area contributed by atoms with Crippen LogP contribution in [0.2, 0.25) is 0 Å². The fourth-order valence-corrected chi connectivity index (χ4v) is 3.19. The van der Waals surface area contributed by atoms with Gasteiger partial charge in [0.05, 0.1) is 6.54 Å². The van der Waals surface area contributed by atoms with Gasteiger partial charge in [-0.2, -0.15) is 0 Å². The van der Waals surface area contributed by atoms with Gasteiger partial charge in [-0.3, -0.25) is 9.59 Å². The summed E-state index contributed by atoms with van der Waals surface area (Å²) in [5.74, 6) is 0.0819. The quantitative estimate of drug-likeness (QED) is 0.889. The van der Waals surface area contributed by atoms with E-state index in [2.05, 4.69) is 16.7 Å². The summed E-state index contributed by atoms with van der Waals surface area (Å²) in [5, 5.41) is 7.63. The number of carbonyl (C=O) groups excluding carboxylic acids is 2. The summed E-state index contributed by atoms with van der Waals surface area (Å²) in [6.45, 7) is 0.0153. The number of hydrogen-bond acceptors (Lipinski definition) is 3. The molecule has 0 spiro atoms. The Labute approximate surface area is 127 Å². The molecule has 2 aromatic rings. The van der Waals surface area contributed by atoms with E-state index in [0.717, 1.165) is 6.42 Å². The highest BCUT2D eigenvalue weighted by Crippen LogP contribution is 2.42. The number of benzene rings is 1. The Morgan fingerprint density at radius 2 is 1.95 bits per heavy atom. The molecule has 108 valence electrons. The van der Waals surface area contributed by atoms with E-state index in [1.54, 1.807) is 35.6 Å². The lowest BCUT2D eigenvalue weighted by molar-refractivity contribution is -0.120. The van der Waals surface area contributed by atoms with Crippen LogP contribution < -0.4 is 10.6 Å². The lowest BCUT2D eigenvalue weighted by Gasteiger charge is -2.06. The van der Waals surface area contributed by atoms with E-state index in [9.17, 15) is 9.59 Å². The summed E-state index contributed by atoms with van der Waals surface area (Å²) in [6, 6.07) is 13.2. The maximum absolute atomic E-state index is 11.8. The van der Waals surface area contributed by atoms with Crippen molar-refractivity contribution in [2.45, 2.75) is 18.4 Å². The average molecular weight is 300 g/mol. The fourth-order valence-electron chi connectivity index (χ4n) is 2.28. The first kappa shape index (κ1) is 13.8. The maximum atomic E-state index is 11.8. The number of rotatable bonds is 5. The van der Waals surface area contributed by atoms with Gasteiger partial charge >= 0.3 is 0 Å². The summed E-state index contributed by atoms with van der Waals surface area (Å²) in [4.78, 5) is 24.9. The van der Waals surface area contributed by atoms with E-state index in [1.807, 2.05) is 17.5 Å². The lowest BCUT2D eigenvalue weighted by Crippen LogP contribution is -2.38. The summed E-state index contributed by atoms with van der Waals surface area (Å²) in [5.41, 5.74) is 0.563. The van der Waals surface area contributed by atoms with Gasteiger partial charge in [0.2, 0.25) is 5.91 Å². The Bertz CT molecular complexity index is 625. The number of nitrogens with one attached hydrogen (secondary N) is 2. The third-order valence-corrected chi connectivity index (χ3v) is 4.50. The standard InChI is InChI=1S/C16H16N2O2S/c19-15(10-17-16(20)11-5-2-1-3-6-11)18-13-9-12(13)14-7-4-8-21-14/h1-8,12-13H,9-10H2,(H,17,20)(H,18,19). The number of carbonyl (C=O) groups is 2. The van der Waals surface area contributed by atoms with Crippen molar-refractivity contribution in [3.63, 3.8) is 0 Å². The third kappa shape index (κ3) is 3.49. The molecule has 2 atom stereocenters. The first-order valence-corrected chi connectivity index (χ1v) is 7.78. The van der Waals surface area contributed by atoms with Crippen molar-refractivity contribution in [1.29, 1.82) is 0 Å². The topological polar surface area (TPSA) is 58.2 Å². The number of hydrogen-bond donors (Lipinski definition) is 2. The van der Waals surface area contributed by atoms with Gasteiger partial charge in [-0.25, -0.2) is 0 Å². The van der Waals surface area contributed by atoms with Gasteiger partial charge in [-0.1, -0.05) is 24.3 Å². The van der Waals surface area contributed by atoms with E-state index in [1.165, 1.54) is 4.88 Å².